The van der Waals surface area contributed by atoms with Gasteiger partial charge in [0.2, 0.25) is 0 Å². The predicted molar refractivity (Wildman–Crippen MR) is 110 cm³/mol. The van der Waals surface area contributed by atoms with Gasteiger partial charge in [-0.2, -0.15) is 0 Å². The molecule has 30 heavy (non-hydrogen) atoms. The van der Waals surface area contributed by atoms with Crippen LogP contribution in [0.3, 0.4) is 0 Å². The molecule has 3 aromatic rings. The highest BCUT2D eigenvalue weighted by Gasteiger charge is 2.22. The van der Waals surface area contributed by atoms with Crippen LogP contribution in [0.15, 0.2) is 48.5 Å². The minimum Gasteiger partial charge on any atom is -0.494 e. The van der Waals surface area contributed by atoms with Gasteiger partial charge in [-0.25, -0.2) is 4.79 Å². The molecule has 3 rings (SSSR count). The Morgan fingerprint density at radius 2 is 1.90 bits per heavy atom. The molecule has 154 valence electrons. The quantitative estimate of drug-likeness (QED) is 0.375. The smallest absolute Gasteiger partial charge is 0.339 e. The summed E-state index contributed by atoms with van der Waals surface area (Å²) in [6, 6.07) is 12.5. The Morgan fingerprint density at radius 1 is 1.17 bits per heavy atom. The van der Waals surface area contributed by atoms with Crippen molar-refractivity contribution in [3.63, 3.8) is 0 Å². The maximum absolute atomic E-state index is 12.7. The average molecular weight is 409 g/mol. The Hall–Kier alpha value is -4.01. The molecule has 1 atom stereocenters. The first kappa shape index (κ1) is 20.7. The molecule has 0 aliphatic rings. The molecule has 9 nitrogen and oxygen atoms in total. The number of ether oxygens (including phenoxy) is 2. The van der Waals surface area contributed by atoms with Gasteiger partial charge in [-0.15, -0.1) is 0 Å². The number of rotatable bonds is 6. The van der Waals surface area contributed by atoms with Crippen molar-refractivity contribution in [2.75, 3.05) is 12.4 Å². The highest BCUT2D eigenvalue weighted by atomic mass is 16.6. The molecule has 0 saturated heterocycles. The zero-order valence-electron chi connectivity index (χ0n) is 16.5. The molecule has 2 aromatic carbocycles. The molecule has 0 bridgehead atoms. The minimum absolute atomic E-state index is 0.117. The SMILES string of the molecule is COc1cc([N+](=O)[O-])ccc1NC(=O)[C@H](C)OC(=O)c1cc(C)nc2ccccc12. The van der Waals surface area contributed by atoms with E-state index in [2.05, 4.69) is 10.3 Å². The maximum Gasteiger partial charge on any atom is 0.339 e. The molecular weight excluding hydrogens is 390 g/mol. The molecule has 1 amide bonds. The number of fused-ring (bicyclic) bond motifs is 1. The van der Waals surface area contributed by atoms with Gasteiger partial charge in [0.1, 0.15) is 5.75 Å². The first-order chi connectivity index (χ1) is 14.3. The highest BCUT2D eigenvalue weighted by Crippen LogP contribution is 2.29. The molecule has 1 aromatic heterocycles. The molecule has 0 aliphatic carbocycles. The van der Waals surface area contributed by atoms with Crippen LogP contribution in [0.2, 0.25) is 0 Å². The summed E-state index contributed by atoms with van der Waals surface area (Å²) in [6.07, 6.45) is -1.12. The third-order valence-electron chi connectivity index (χ3n) is 4.37. The number of methoxy groups -OCH3 is 1. The summed E-state index contributed by atoms with van der Waals surface area (Å²) >= 11 is 0. The number of para-hydroxylation sites is 1. The first-order valence-corrected chi connectivity index (χ1v) is 9.01. The Labute approximate surface area is 171 Å². The second-order valence-corrected chi connectivity index (χ2v) is 6.51. The van der Waals surface area contributed by atoms with Crippen molar-refractivity contribution in [2.24, 2.45) is 0 Å². The van der Waals surface area contributed by atoms with E-state index in [1.54, 1.807) is 31.2 Å². The van der Waals surface area contributed by atoms with Gasteiger partial charge in [0, 0.05) is 17.1 Å². The molecule has 1 N–H and O–H groups in total. The predicted octanol–water partition coefficient (Wildman–Crippen LogP) is 3.64. The number of amides is 1. The van der Waals surface area contributed by atoms with Crippen LogP contribution in [-0.2, 0) is 9.53 Å². The molecule has 0 fully saturated rings. The summed E-state index contributed by atoms with van der Waals surface area (Å²) in [6.45, 7) is 3.20. The number of aryl methyl sites for hydroxylation is 1. The molecule has 0 radical (unpaired) electrons. The summed E-state index contributed by atoms with van der Waals surface area (Å²) in [5.74, 6) is -1.15. The number of hydrogen-bond donors (Lipinski definition) is 1. The average Bonchev–Trinajstić information content (AvgIpc) is 2.72. The number of hydrogen-bond acceptors (Lipinski definition) is 7. The van der Waals surface area contributed by atoms with Crippen LogP contribution in [0.4, 0.5) is 11.4 Å². The largest absolute Gasteiger partial charge is 0.494 e. The number of nitro benzene ring substituents is 1. The number of carbonyl (C=O) groups excluding carboxylic acids is 2. The number of anilines is 1. The molecule has 0 spiro atoms. The van der Waals surface area contributed by atoms with Crippen molar-refractivity contribution in [2.45, 2.75) is 20.0 Å². The normalized spacial score (nSPS) is 11.6. The standard InChI is InChI=1S/C21H19N3O6/c1-12-10-16(15-6-4-5-7-17(15)22-12)21(26)30-13(2)20(25)23-18-9-8-14(24(27)28)11-19(18)29-3/h4-11,13H,1-3H3,(H,23,25)/t13-/m0/s1. The molecular formula is C21H19N3O6. The number of nitro groups is 1. The minimum atomic E-state index is -1.12. The molecule has 9 heteroatoms. The number of esters is 1. The van der Waals surface area contributed by atoms with Gasteiger partial charge in [0.15, 0.2) is 6.10 Å². The molecule has 0 aliphatic heterocycles. The Balaban J connectivity index is 1.77. The summed E-state index contributed by atoms with van der Waals surface area (Å²) in [5.41, 5.74) is 1.65. The monoisotopic (exact) mass is 409 g/mol. The zero-order valence-corrected chi connectivity index (χ0v) is 16.5. The van der Waals surface area contributed by atoms with Crippen LogP contribution >= 0.6 is 0 Å². The third kappa shape index (κ3) is 4.35. The molecule has 0 unspecified atom stereocenters. The lowest BCUT2D eigenvalue weighted by Gasteiger charge is -2.16. The fourth-order valence-electron chi connectivity index (χ4n) is 2.89. The summed E-state index contributed by atoms with van der Waals surface area (Å²) in [5, 5.41) is 14.1. The van der Waals surface area contributed by atoms with Crippen LogP contribution < -0.4 is 10.1 Å². The zero-order chi connectivity index (χ0) is 21.8. The molecule has 1 heterocycles. The Kier molecular flexibility index (Phi) is 5.91. The van der Waals surface area contributed by atoms with Crippen LogP contribution in [0.1, 0.15) is 23.0 Å². The third-order valence-corrected chi connectivity index (χ3v) is 4.37. The number of pyridine rings is 1. The van der Waals surface area contributed by atoms with Gasteiger partial charge in [-0.1, -0.05) is 18.2 Å². The lowest BCUT2D eigenvalue weighted by molar-refractivity contribution is -0.384. The number of non-ortho nitro benzene ring substituents is 1. The van der Waals surface area contributed by atoms with Crippen molar-refractivity contribution in [3.05, 3.63) is 69.9 Å². The fourth-order valence-corrected chi connectivity index (χ4v) is 2.89. The highest BCUT2D eigenvalue weighted by molar-refractivity contribution is 6.05. The number of nitrogens with one attached hydrogen (secondary N) is 1. The topological polar surface area (TPSA) is 121 Å². The van der Waals surface area contributed by atoms with Crippen LogP contribution in [0, 0.1) is 17.0 Å². The van der Waals surface area contributed by atoms with E-state index in [9.17, 15) is 19.7 Å². The van der Waals surface area contributed by atoms with E-state index < -0.39 is 22.9 Å². The van der Waals surface area contributed by atoms with E-state index in [1.165, 1.54) is 32.2 Å². The van der Waals surface area contributed by atoms with E-state index in [-0.39, 0.29) is 17.1 Å². The van der Waals surface area contributed by atoms with E-state index in [0.29, 0.717) is 22.2 Å². The van der Waals surface area contributed by atoms with Gasteiger partial charge in [-0.3, -0.25) is 19.9 Å². The van der Waals surface area contributed by atoms with Gasteiger partial charge in [0.25, 0.3) is 11.6 Å². The summed E-state index contributed by atoms with van der Waals surface area (Å²) < 4.78 is 10.4. The second-order valence-electron chi connectivity index (χ2n) is 6.51. The van der Waals surface area contributed by atoms with Crippen molar-refractivity contribution in [1.82, 2.24) is 4.98 Å². The van der Waals surface area contributed by atoms with E-state index in [4.69, 9.17) is 9.47 Å². The van der Waals surface area contributed by atoms with Gasteiger partial charge < -0.3 is 14.8 Å². The summed E-state index contributed by atoms with van der Waals surface area (Å²) in [4.78, 5) is 39.9. The van der Waals surface area contributed by atoms with Gasteiger partial charge >= 0.3 is 5.97 Å². The number of carbonyl (C=O) groups is 2. The maximum atomic E-state index is 12.7. The fraction of sp³-hybridized carbons (Fsp3) is 0.190. The number of nitrogens with zero attached hydrogens (tertiary/aromatic N) is 2. The van der Waals surface area contributed by atoms with Crippen LogP contribution in [-0.4, -0.2) is 35.0 Å². The van der Waals surface area contributed by atoms with Crippen molar-refractivity contribution in [3.8, 4) is 5.75 Å². The van der Waals surface area contributed by atoms with E-state index >= 15 is 0 Å². The lowest BCUT2D eigenvalue weighted by Crippen LogP contribution is -2.30. The van der Waals surface area contributed by atoms with Crippen LogP contribution in [0.5, 0.6) is 5.75 Å². The Bertz CT molecular complexity index is 1140. The summed E-state index contributed by atoms with van der Waals surface area (Å²) in [7, 11) is 1.33. The van der Waals surface area contributed by atoms with Gasteiger partial charge in [0.05, 0.1) is 34.9 Å². The number of aromatic nitrogens is 1. The van der Waals surface area contributed by atoms with E-state index in [1.807, 2.05) is 6.07 Å². The number of benzene rings is 2. The lowest BCUT2D eigenvalue weighted by atomic mass is 10.1. The van der Waals surface area contributed by atoms with Crippen LogP contribution in [0.25, 0.3) is 10.9 Å². The first-order valence-electron chi connectivity index (χ1n) is 9.01. The molecule has 0 saturated carbocycles. The van der Waals surface area contributed by atoms with Gasteiger partial charge in [-0.05, 0) is 32.0 Å². The van der Waals surface area contributed by atoms with Crippen molar-refractivity contribution >= 4 is 34.2 Å². The van der Waals surface area contributed by atoms with Crippen molar-refractivity contribution < 1.29 is 24.0 Å². The van der Waals surface area contributed by atoms with Crippen molar-refractivity contribution in [1.29, 1.82) is 0 Å². The Morgan fingerprint density at radius 3 is 2.60 bits per heavy atom. The van der Waals surface area contributed by atoms with E-state index in [0.717, 1.165) is 0 Å². The second kappa shape index (κ2) is 8.56.